The zero-order valence-electron chi connectivity index (χ0n) is 20.7. The molecule has 0 radical (unpaired) electrons. The first kappa shape index (κ1) is 27.0. The van der Waals surface area contributed by atoms with Crippen LogP contribution in [-0.4, -0.2) is 49.4 Å². The average molecular weight is 506 g/mol. The van der Waals surface area contributed by atoms with Crippen molar-refractivity contribution < 1.29 is 19.1 Å². The summed E-state index contributed by atoms with van der Waals surface area (Å²) in [6, 6.07) is 14.2. The lowest BCUT2D eigenvalue weighted by molar-refractivity contribution is -0.122. The summed E-state index contributed by atoms with van der Waals surface area (Å²) in [6.07, 6.45) is 2.97. The molecule has 1 aromatic heterocycles. The van der Waals surface area contributed by atoms with Gasteiger partial charge in [-0.3, -0.25) is 30.8 Å². The molecule has 1 atom stereocenters. The van der Waals surface area contributed by atoms with Crippen molar-refractivity contribution >= 4 is 23.3 Å². The summed E-state index contributed by atoms with van der Waals surface area (Å²) < 4.78 is 11.6. The molecule has 2 aromatic carbocycles. The third-order valence-corrected chi connectivity index (χ3v) is 5.22. The third kappa shape index (κ3) is 7.67. The zero-order chi connectivity index (χ0) is 26.6. The maximum atomic E-state index is 13.3. The predicted molar refractivity (Wildman–Crippen MR) is 141 cm³/mol. The molecule has 0 aliphatic rings. The van der Waals surface area contributed by atoms with Gasteiger partial charge in [-0.2, -0.15) is 0 Å². The number of amides is 2. The van der Waals surface area contributed by atoms with Crippen molar-refractivity contribution in [3.05, 3.63) is 83.7 Å². The summed E-state index contributed by atoms with van der Waals surface area (Å²) in [5.74, 6) is -0.0110. The van der Waals surface area contributed by atoms with E-state index in [-0.39, 0.29) is 5.84 Å². The highest BCUT2D eigenvalue weighted by molar-refractivity contribution is 5.97. The number of likely N-dealkylation sites (N-methyl/N-ethyl adjacent to an activating group) is 1. The topological polar surface area (TPSA) is 163 Å². The smallest absolute Gasteiger partial charge is 0.269 e. The Morgan fingerprint density at radius 3 is 2.35 bits per heavy atom. The third-order valence-electron chi connectivity index (χ3n) is 5.22. The molecule has 7 N–H and O–H groups in total. The quantitative estimate of drug-likeness (QED) is 0.0942. The number of rotatable bonds is 12. The van der Waals surface area contributed by atoms with Crippen molar-refractivity contribution in [2.75, 3.05) is 32.1 Å². The normalized spacial score (nSPS) is 11.2. The summed E-state index contributed by atoms with van der Waals surface area (Å²) in [5.41, 5.74) is 12.6. The van der Waals surface area contributed by atoms with Crippen LogP contribution in [0, 0.1) is 5.41 Å². The highest BCUT2D eigenvalue weighted by Gasteiger charge is 2.23. The number of carbonyl (C=O) groups excluding carboxylic acids is 2. The maximum absolute atomic E-state index is 13.3. The number of amidine groups is 1. The SMILES string of the molecule is CCOc1cc(C(Nc2ccc(C(=N)N)cc2)C(=O)NNC(=O)c2ccncc2)ccc1OCCNC. The van der Waals surface area contributed by atoms with Crippen molar-refractivity contribution in [2.45, 2.75) is 13.0 Å². The second-order valence-electron chi connectivity index (χ2n) is 7.84. The highest BCUT2D eigenvalue weighted by Crippen LogP contribution is 2.32. The van der Waals surface area contributed by atoms with Gasteiger partial charge in [-0.1, -0.05) is 6.07 Å². The van der Waals surface area contributed by atoms with Gasteiger partial charge in [0.1, 0.15) is 18.5 Å². The first-order valence-corrected chi connectivity index (χ1v) is 11.7. The Balaban J connectivity index is 1.86. The Hall–Kier alpha value is -4.64. The number of anilines is 1. The predicted octanol–water partition coefficient (Wildman–Crippen LogP) is 1.98. The molecule has 3 rings (SSSR count). The van der Waals surface area contributed by atoms with Gasteiger partial charge in [0.15, 0.2) is 11.5 Å². The molecule has 0 aliphatic carbocycles. The molecule has 0 fully saturated rings. The van der Waals surface area contributed by atoms with Crippen molar-refractivity contribution in [2.24, 2.45) is 5.73 Å². The molecule has 3 aromatic rings. The molecule has 11 nitrogen and oxygen atoms in total. The number of carbonyl (C=O) groups is 2. The summed E-state index contributed by atoms with van der Waals surface area (Å²) in [6.45, 7) is 3.37. The Bertz CT molecular complexity index is 1200. The van der Waals surface area contributed by atoms with Crippen LogP contribution in [0.3, 0.4) is 0 Å². The van der Waals surface area contributed by atoms with E-state index in [1.165, 1.54) is 24.5 Å². The van der Waals surface area contributed by atoms with Gasteiger partial charge in [-0.15, -0.1) is 0 Å². The first-order valence-electron chi connectivity index (χ1n) is 11.7. The van der Waals surface area contributed by atoms with Crippen LogP contribution in [0.2, 0.25) is 0 Å². The molecule has 1 heterocycles. The molecule has 1 unspecified atom stereocenters. The second-order valence-corrected chi connectivity index (χ2v) is 7.84. The van der Waals surface area contributed by atoms with Gasteiger partial charge in [-0.05, 0) is 68.1 Å². The van der Waals surface area contributed by atoms with Crippen molar-refractivity contribution in [1.82, 2.24) is 21.2 Å². The average Bonchev–Trinajstić information content (AvgIpc) is 2.92. The lowest BCUT2D eigenvalue weighted by Crippen LogP contribution is -2.45. The number of nitrogens with two attached hydrogens (primary N) is 1. The van der Waals surface area contributed by atoms with Crippen molar-refractivity contribution in [3.63, 3.8) is 0 Å². The van der Waals surface area contributed by atoms with Crippen molar-refractivity contribution in [3.8, 4) is 11.5 Å². The molecule has 0 spiro atoms. The number of nitrogen functional groups attached to an aromatic ring is 1. The Labute approximate surface area is 215 Å². The summed E-state index contributed by atoms with van der Waals surface area (Å²) in [4.78, 5) is 29.6. The highest BCUT2D eigenvalue weighted by atomic mass is 16.5. The van der Waals surface area contributed by atoms with E-state index < -0.39 is 17.9 Å². The molecule has 0 saturated heterocycles. The van der Waals surface area contributed by atoms with Crippen LogP contribution in [0.15, 0.2) is 67.0 Å². The second kappa shape index (κ2) is 13.4. The van der Waals surface area contributed by atoms with Gasteiger partial charge in [0, 0.05) is 35.8 Å². The van der Waals surface area contributed by atoms with Crippen LogP contribution in [0.4, 0.5) is 5.69 Å². The summed E-state index contributed by atoms with van der Waals surface area (Å²) in [7, 11) is 1.83. The van der Waals surface area contributed by atoms with E-state index in [9.17, 15) is 9.59 Å². The molecule has 0 saturated carbocycles. The van der Waals surface area contributed by atoms with Gasteiger partial charge in [0.2, 0.25) is 0 Å². The molecule has 0 bridgehead atoms. The molecule has 11 heteroatoms. The van der Waals surface area contributed by atoms with Crippen LogP contribution in [0.25, 0.3) is 0 Å². The van der Waals surface area contributed by atoms with E-state index in [1.807, 2.05) is 14.0 Å². The minimum Gasteiger partial charge on any atom is -0.490 e. The monoisotopic (exact) mass is 505 g/mol. The Morgan fingerprint density at radius 1 is 0.973 bits per heavy atom. The fraction of sp³-hybridized carbons (Fsp3) is 0.231. The van der Waals surface area contributed by atoms with E-state index >= 15 is 0 Å². The van der Waals surface area contributed by atoms with E-state index in [1.54, 1.807) is 42.5 Å². The number of ether oxygens (including phenoxy) is 2. The van der Waals surface area contributed by atoms with Gasteiger partial charge >= 0.3 is 0 Å². The van der Waals surface area contributed by atoms with E-state index in [4.69, 9.17) is 20.6 Å². The van der Waals surface area contributed by atoms with Crippen LogP contribution in [0.5, 0.6) is 11.5 Å². The molecule has 194 valence electrons. The number of hydrogen-bond donors (Lipinski definition) is 6. The van der Waals surface area contributed by atoms with E-state index in [0.29, 0.717) is 53.6 Å². The standard InChI is InChI=1S/C26H31N7O4/c1-3-36-22-16-19(6-9-21(22)37-15-14-29-2)23(31-20-7-4-17(5-8-20)24(27)28)26(35)33-32-25(34)18-10-12-30-13-11-18/h4-13,16,23,29,31H,3,14-15H2,1-2H3,(H3,27,28)(H,32,34)(H,33,35). The summed E-state index contributed by atoms with van der Waals surface area (Å²) >= 11 is 0. The molecular weight excluding hydrogens is 474 g/mol. The number of nitrogens with zero attached hydrogens (tertiary/aromatic N) is 1. The van der Waals surface area contributed by atoms with Gasteiger partial charge in [0.05, 0.1) is 6.61 Å². The fourth-order valence-corrected chi connectivity index (χ4v) is 3.33. The number of nitrogens with one attached hydrogen (secondary N) is 5. The molecule has 37 heavy (non-hydrogen) atoms. The lowest BCUT2D eigenvalue weighted by atomic mass is 10.0. The van der Waals surface area contributed by atoms with E-state index in [0.717, 1.165) is 0 Å². The zero-order valence-corrected chi connectivity index (χ0v) is 20.7. The lowest BCUT2D eigenvalue weighted by Gasteiger charge is -2.22. The minimum absolute atomic E-state index is 0.0603. The van der Waals surface area contributed by atoms with Crippen molar-refractivity contribution in [1.29, 1.82) is 5.41 Å². The van der Waals surface area contributed by atoms with E-state index in [2.05, 4.69) is 26.5 Å². The number of hydrogen-bond acceptors (Lipinski definition) is 8. The van der Waals surface area contributed by atoms with Crippen LogP contribution >= 0.6 is 0 Å². The van der Waals surface area contributed by atoms with Gasteiger partial charge in [0.25, 0.3) is 11.8 Å². The minimum atomic E-state index is -0.911. The first-order chi connectivity index (χ1) is 17.9. The van der Waals surface area contributed by atoms with Crippen LogP contribution < -0.4 is 36.7 Å². The molecule has 2 amide bonds. The van der Waals surface area contributed by atoms with Gasteiger partial charge < -0.3 is 25.8 Å². The van der Waals surface area contributed by atoms with Crippen LogP contribution in [-0.2, 0) is 4.79 Å². The Morgan fingerprint density at radius 2 is 1.70 bits per heavy atom. The largest absolute Gasteiger partial charge is 0.490 e. The maximum Gasteiger partial charge on any atom is 0.269 e. The summed E-state index contributed by atoms with van der Waals surface area (Å²) in [5, 5.41) is 13.8. The van der Waals surface area contributed by atoms with Gasteiger partial charge in [-0.25, -0.2) is 0 Å². The number of aromatic nitrogens is 1. The Kier molecular flexibility index (Phi) is 9.80. The number of hydrazine groups is 1. The number of benzene rings is 2. The molecule has 0 aliphatic heterocycles. The fourth-order valence-electron chi connectivity index (χ4n) is 3.33. The molecular formula is C26H31N7O4. The number of pyridine rings is 1. The van der Waals surface area contributed by atoms with Crippen LogP contribution in [0.1, 0.15) is 34.5 Å².